The van der Waals surface area contributed by atoms with Crippen LogP contribution >= 0.6 is 0 Å². The number of hydrogen-bond donors (Lipinski definition) is 1. The molecule has 0 spiro atoms. The van der Waals surface area contributed by atoms with Crippen molar-refractivity contribution in [3.8, 4) is 11.5 Å². The molecule has 25 heavy (non-hydrogen) atoms. The number of benzene rings is 2. The third-order valence-electron chi connectivity index (χ3n) is 4.94. The maximum atomic E-state index is 5.96. The van der Waals surface area contributed by atoms with Gasteiger partial charge in [0.15, 0.2) is 11.5 Å². The number of rotatable bonds is 7. The summed E-state index contributed by atoms with van der Waals surface area (Å²) in [5, 5.41) is 3.68. The van der Waals surface area contributed by atoms with Crippen LogP contribution in [0.25, 0.3) is 0 Å². The zero-order chi connectivity index (χ0) is 17.5. The lowest BCUT2D eigenvalue weighted by molar-refractivity contribution is 0.284. The minimum Gasteiger partial charge on any atom is -0.493 e. The van der Waals surface area contributed by atoms with E-state index in [4.69, 9.17) is 9.47 Å². The zero-order valence-electron chi connectivity index (χ0n) is 15.4. The van der Waals surface area contributed by atoms with Crippen molar-refractivity contribution in [1.29, 1.82) is 0 Å². The predicted molar refractivity (Wildman–Crippen MR) is 102 cm³/mol. The Labute approximate surface area is 151 Å². The van der Waals surface area contributed by atoms with Crippen LogP contribution in [0.15, 0.2) is 42.5 Å². The molecule has 0 atom stereocenters. The van der Waals surface area contributed by atoms with E-state index in [0.717, 1.165) is 23.6 Å². The van der Waals surface area contributed by atoms with E-state index in [1.165, 1.54) is 43.2 Å². The molecule has 1 fully saturated rings. The second-order valence-electron chi connectivity index (χ2n) is 6.98. The maximum Gasteiger partial charge on any atom is 0.161 e. The van der Waals surface area contributed by atoms with Gasteiger partial charge in [-0.1, -0.05) is 55.2 Å². The highest BCUT2D eigenvalue weighted by molar-refractivity contribution is 5.43. The Morgan fingerprint density at radius 1 is 0.920 bits per heavy atom. The lowest BCUT2D eigenvalue weighted by Crippen LogP contribution is -2.30. The van der Waals surface area contributed by atoms with E-state index in [0.29, 0.717) is 12.6 Å². The highest BCUT2D eigenvalue weighted by Crippen LogP contribution is 2.29. The van der Waals surface area contributed by atoms with Gasteiger partial charge in [0.1, 0.15) is 6.61 Å². The van der Waals surface area contributed by atoms with E-state index < -0.39 is 0 Å². The van der Waals surface area contributed by atoms with Crippen LogP contribution in [0.2, 0.25) is 0 Å². The Morgan fingerprint density at radius 2 is 1.64 bits per heavy atom. The molecule has 3 nitrogen and oxygen atoms in total. The zero-order valence-corrected chi connectivity index (χ0v) is 15.4. The van der Waals surface area contributed by atoms with Gasteiger partial charge in [-0.05, 0) is 43.0 Å². The van der Waals surface area contributed by atoms with Crippen LogP contribution in [0.3, 0.4) is 0 Å². The molecule has 134 valence electrons. The van der Waals surface area contributed by atoms with E-state index in [1.54, 1.807) is 7.11 Å². The molecule has 2 aromatic carbocycles. The highest BCUT2D eigenvalue weighted by Gasteiger charge is 2.13. The first-order chi connectivity index (χ1) is 12.2. The molecule has 0 aromatic heterocycles. The number of ether oxygens (including phenoxy) is 2. The normalized spacial score (nSPS) is 15.1. The average Bonchev–Trinajstić information content (AvgIpc) is 2.67. The Bertz CT molecular complexity index is 660. The standard InChI is InChI=1S/C22H29NO2/c1-17-8-10-18(11-9-17)16-25-21-13-12-19(14-22(21)24-2)15-23-20-6-4-3-5-7-20/h8-14,20,23H,3-7,15-16H2,1-2H3. The first-order valence-electron chi connectivity index (χ1n) is 9.33. The SMILES string of the molecule is COc1cc(CNC2CCCCC2)ccc1OCc1ccc(C)cc1. The summed E-state index contributed by atoms with van der Waals surface area (Å²) < 4.78 is 11.5. The Balaban J connectivity index is 1.57. The van der Waals surface area contributed by atoms with Crippen molar-refractivity contribution in [3.05, 3.63) is 59.2 Å². The lowest BCUT2D eigenvalue weighted by Gasteiger charge is -2.23. The molecule has 3 rings (SSSR count). The smallest absolute Gasteiger partial charge is 0.161 e. The molecule has 3 heteroatoms. The van der Waals surface area contributed by atoms with Gasteiger partial charge in [-0.2, -0.15) is 0 Å². The quantitative estimate of drug-likeness (QED) is 0.769. The highest BCUT2D eigenvalue weighted by atomic mass is 16.5. The lowest BCUT2D eigenvalue weighted by atomic mass is 9.95. The van der Waals surface area contributed by atoms with E-state index in [1.807, 2.05) is 6.07 Å². The minimum absolute atomic E-state index is 0.552. The van der Waals surface area contributed by atoms with Crippen LogP contribution in [0.5, 0.6) is 11.5 Å². The van der Waals surface area contributed by atoms with Crippen molar-refractivity contribution in [3.63, 3.8) is 0 Å². The monoisotopic (exact) mass is 339 g/mol. The maximum absolute atomic E-state index is 5.96. The summed E-state index contributed by atoms with van der Waals surface area (Å²) in [6, 6.07) is 15.3. The fraction of sp³-hybridized carbons (Fsp3) is 0.455. The molecule has 1 aliphatic rings. The summed E-state index contributed by atoms with van der Waals surface area (Å²) in [7, 11) is 1.70. The molecule has 0 aliphatic heterocycles. The van der Waals surface area contributed by atoms with E-state index in [2.05, 4.69) is 48.6 Å². The molecule has 1 N–H and O–H groups in total. The number of methoxy groups -OCH3 is 1. The number of nitrogens with one attached hydrogen (secondary N) is 1. The summed E-state index contributed by atoms with van der Waals surface area (Å²) in [5.74, 6) is 1.60. The summed E-state index contributed by atoms with van der Waals surface area (Å²) in [6.45, 7) is 3.53. The van der Waals surface area contributed by atoms with Crippen molar-refractivity contribution in [2.45, 2.75) is 58.2 Å². The number of hydrogen-bond acceptors (Lipinski definition) is 3. The van der Waals surface area contributed by atoms with Gasteiger partial charge in [0.25, 0.3) is 0 Å². The summed E-state index contributed by atoms with van der Waals surface area (Å²) in [4.78, 5) is 0. The third kappa shape index (κ3) is 5.23. The van der Waals surface area contributed by atoms with Crippen LogP contribution < -0.4 is 14.8 Å². The van der Waals surface area contributed by atoms with Crippen LogP contribution in [0.4, 0.5) is 0 Å². The summed E-state index contributed by atoms with van der Waals surface area (Å²) >= 11 is 0. The molecule has 0 unspecified atom stereocenters. The molecular formula is C22H29NO2. The second kappa shape index (κ2) is 8.91. The Kier molecular flexibility index (Phi) is 6.35. The van der Waals surface area contributed by atoms with E-state index in [9.17, 15) is 0 Å². The molecular weight excluding hydrogens is 310 g/mol. The third-order valence-corrected chi connectivity index (χ3v) is 4.94. The second-order valence-corrected chi connectivity index (χ2v) is 6.98. The summed E-state index contributed by atoms with van der Waals surface area (Å²) in [5.41, 5.74) is 3.66. The largest absolute Gasteiger partial charge is 0.493 e. The van der Waals surface area contributed by atoms with Gasteiger partial charge in [0.05, 0.1) is 7.11 Å². The van der Waals surface area contributed by atoms with Crippen LogP contribution in [0, 0.1) is 6.92 Å². The van der Waals surface area contributed by atoms with E-state index in [-0.39, 0.29) is 0 Å². The molecule has 0 heterocycles. The predicted octanol–water partition coefficient (Wildman–Crippen LogP) is 5.00. The van der Waals surface area contributed by atoms with Crippen LogP contribution in [-0.2, 0) is 13.2 Å². The van der Waals surface area contributed by atoms with Gasteiger partial charge in [0.2, 0.25) is 0 Å². The van der Waals surface area contributed by atoms with Crippen molar-refractivity contribution >= 4 is 0 Å². The van der Waals surface area contributed by atoms with Gasteiger partial charge in [-0.15, -0.1) is 0 Å². The van der Waals surface area contributed by atoms with Crippen molar-refractivity contribution in [2.75, 3.05) is 7.11 Å². The first-order valence-corrected chi connectivity index (χ1v) is 9.33. The van der Waals surface area contributed by atoms with Gasteiger partial charge in [0, 0.05) is 12.6 Å². The van der Waals surface area contributed by atoms with Crippen LogP contribution in [-0.4, -0.2) is 13.2 Å². The van der Waals surface area contributed by atoms with E-state index >= 15 is 0 Å². The topological polar surface area (TPSA) is 30.5 Å². The molecule has 2 aromatic rings. The molecule has 0 radical (unpaired) electrons. The fourth-order valence-electron chi connectivity index (χ4n) is 3.36. The summed E-state index contributed by atoms with van der Waals surface area (Å²) in [6.07, 6.45) is 6.70. The first kappa shape index (κ1) is 17.8. The van der Waals surface area contributed by atoms with Crippen molar-refractivity contribution in [2.24, 2.45) is 0 Å². The van der Waals surface area contributed by atoms with Gasteiger partial charge in [-0.25, -0.2) is 0 Å². The van der Waals surface area contributed by atoms with Gasteiger partial charge >= 0.3 is 0 Å². The molecule has 1 aliphatic carbocycles. The molecule has 1 saturated carbocycles. The van der Waals surface area contributed by atoms with Crippen molar-refractivity contribution < 1.29 is 9.47 Å². The van der Waals surface area contributed by atoms with Crippen molar-refractivity contribution in [1.82, 2.24) is 5.32 Å². The number of aryl methyl sites for hydroxylation is 1. The molecule has 0 saturated heterocycles. The minimum atomic E-state index is 0.552. The molecule has 0 amide bonds. The van der Waals surface area contributed by atoms with Gasteiger partial charge < -0.3 is 14.8 Å². The Morgan fingerprint density at radius 3 is 2.36 bits per heavy atom. The van der Waals surface area contributed by atoms with Gasteiger partial charge in [-0.3, -0.25) is 0 Å². The van der Waals surface area contributed by atoms with Crippen LogP contribution in [0.1, 0.15) is 48.8 Å². The molecule has 0 bridgehead atoms. The average molecular weight is 339 g/mol. The fourth-order valence-corrected chi connectivity index (χ4v) is 3.36. The Hall–Kier alpha value is -2.00.